The first-order valence-electron chi connectivity index (χ1n) is 7.88. The largest absolute Gasteiger partial charge is 0.489 e. The minimum Gasteiger partial charge on any atom is -0.489 e. The Labute approximate surface area is 149 Å². The quantitative estimate of drug-likeness (QED) is 0.608. The fraction of sp³-hybridized carbons (Fsp3) is 0.368. The highest BCUT2D eigenvalue weighted by Gasteiger charge is 2.08. The fourth-order valence-electron chi connectivity index (χ4n) is 2.45. The molecule has 0 atom stereocenters. The van der Waals surface area contributed by atoms with Gasteiger partial charge in [0.1, 0.15) is 12.4 Å². The maximum absolute atomic E-state index is 6.04. The molecule has 0 aliphatic rings. The Morgan fingerprint density at radius 3 is 2.43 bits per heavy atom. The second kappa shape index (κ2) is 8.47. The molecule has 2 nitrogen and oxygen atoms in total. The van der Waals surface area contributed by atoms with E-state index in [0.717, 1.165) is 12.2 Å². The van der Waals surface area contributed by atoms with Crippen LogP contribution in [0.15, 0.2) is 36.4 Å². The number of unbranched alkanes of at least 4 members (excludes halogenated alkanes) is 1. The summed E-state index contributed by atoms with van der Waals surface area (Å²) in [7, 11) is 4.09. The monoisotopic (exact) mass is 351 g/mol. The highest BCUT2D eigenvalue weighted by Crippen LogP contribution is 2.28. The van der Waals surface area contributed by atoms with Crippen molar-refractivity contribution in [3.63, 3.8) is 0 Å². The van der Waals surface area contributed by atoms with Gasteiger partial charge in [0.2, 0.25) is 0 Å². The number of nitrogens with zero attached hydrogens (tertiary/aromatic N) is 1. The van der Waals surface area contributed by atoms with E-state index in [1.165, 1.54) is 29.7 Å². The van der Waals surface area contributed by atoms with E-state index in [0.29, 0.717) is 16.7 Å². The van der Waals surface area contributed by atoms with Crippen LogP contribution in [0.25, 0.3) is 0 Å². The summed E-state index contributed by atoms with van der Waals surface area (Å²) in [5.41, 5.74) is 3.70. The van der Waals surface area contributed by atoms with Gasteiger partial charge in [0.15, 0.2) is 0 Å². The minimum absolute atomic E-state index is 0.505. The number of anilines is 1. The first-order valence-corrected chi connectivity index (χ1v) is 8.64. The molecule has 0 aromatic heterocycles. The molecule has 0 N–H and O–H groups in total. The second-order valence-electron chi connectivity index (χ2n) is 5.83. The van der Waals surface area contributed by atoms with Crippen molar-refractivity contribution in [2.75, 3.05) is 19.0 Å². The predicted molar refractivity (Wildman–Crippen MR) is 100 cm³/mol. The average molecular weight is 352 g/mol. The lowest BCUT2D eigenvalue weighted by Gasteiger charge is -2.19. The zero-order valence-electron chi connectivity index (χ0n) is 13.9. The van der Waals surface area contributed by atoms with Crippen molar-refractivity contribution in [1.29, 1.82) is 0 Å². The number of hydrogen-bond donors (Lipinski definition) is 0. The van der Waals surface area contributed by atoms with E-state index in [9.17, 15) is 0 Å². The van der Waals surface area contributed by atoms with Crippen LogP contribution in [0.1, 0.15) is 30.9 Å². The van der Waals surface area contributed by atoms with Gasteiger partial charge in [0.25, 0.3) is 0 Å². The Kier molecular flexibility index (Phi) is 6.61. The third-order valence-electron chi connectivity index (χ3n) is 3.73. The van der Waals surface area contributed by atoms with Gasteiger partial charge in [-0.3, -0.25) is 0 Å². The van der Waals surface area contributed by atoms with E-state index in [1.54, 1.807) is 12.1 Å². The Morgan fingerprint density at radius 1 is 1.00 bits per heavy atom. The van der Waals surface area contributed by atoms with E-state index in [4.69, 9.17) is 27.9 Å². The van der Waals surface area contributed by atoms with Crippen LogP contribution in [0.3, 0.4) is 0 Å². The molecule has 0 radical (unpaired) electrons. The van der Waals surface area contributed by atoms with Gasteiger partial charge in [0, 0.05) is 31.4 Å². The molecule has 124 valence electrons. The minimum atomic E-state index is 0.505. The maximum atomic E-state index is 6.04. The lowest BCUT2D eigenvalue weighted by molar-refractivity contribution is 0.306. The van der Waals surface area contributed by atoms with E-state index in [-0.39, 0.29) is 0 Å². The Balaban J connectivity index is 2.16. The maximum Gasteiger partial charge on any atom is 0.121 e. The molecule has 2 rings (SSSR count). The van der Waals surface area contributed by atoms with Gasteiger partial charge in [-0.05, 0) is 36.6 Å². The topological polar surface area (TPSA) is 12.5 Å². The molecule has 0 saturated carbocycles. The van der Waals surface area contributed by atoms with Crippen molar-refractivity contribution >= 4 is 28.9 Å². The van der Waals surface area contributed by atoms with Crippen molar-refractivity contribution in [2.24, 2.45) is 0 Å². The van der Waals surface area contributed by atoms with Gasteiger partial charge in [-0.1, -0.05) is 48.7 Å². The molecule has 0 unspecified atom stereocenters. The summed E-state index contributed by atoms with van der Waals surface area (Å²) < 4.78 is 5.91. The van der Waals surface area contributed by atoms with Crippen molar-refractivity contribution in [1.82, 2.24) is 0 Å². The third kappa shape index (κ3) is 5.05. The van der Waals surface area contributed by atoms with E-state index >= 15 is 0 Å². The zero-order valence-corrected chi connectivity index (χ0v) is 15.4. The highest BCUT2D eigenvalue weighted by molar-refractivity contribution is 6.42. The van der Waals surface area contributed by atoms with Crippen LogP contribution in [0, 0.1) is 0 Å². The van der Waals surface area contributed by atoms with Crippen LogP contribution in [-0.2, 0) is 13.0 Å². The summed E-state index contributed by atoms with van der Waals surface area (Å²) >= 11 is 12.0. The molecule has 2 aromatic carbocycles. The Bertz CT molecular complexity index is 656. The van der Waals surface area contributed by atoms with Crippen LogP contribution >= 0.6 is 23.2 Å². The molecule has 0 heterocycles. The molecule has 0 fully saturated rings. The van der Waals surface area contributed by atoms with Crippen molar-refractivity contribution in [2.45, 2.75) is 32.8 Å². The molecule has 0 aliphatic carbocycles. The van der Waals surface area contributed by atoms with Gasteiger partial charge in [-0.25, -0.2) is 0 Å². The van der Waals surface area contributed by atoms with Gasteiger partial charge in [-0.15, -0.1) is 0 Å². The first kappa shape index (κ1) is 18.0. The fourth-order valence-corrected chi connectivity index (χ4v) is 2.74. The molecule has 0 bridgehead atoms. The Hall–Kier alpha value is -1.38. The van der Waals surface area contributed by atoms with Gasteiger partial charge >= 0.3 is 0 Å². The lowest BCUT2D eigenvalue weighted by Crippen LogP contribution is -2.13. The Morgan fingerprint density at radius 2 is 1.78 bits per heavy atom. The van der Waals surface area contributed by atoms with Crippen LogP contribution in [0.5, 0.6) is 5.75 Å². The first-order chi connectivity index (χ1) is 11.0. The summed E-state index contributed by atoms with van der Waals surface area (Å²) in [5.74, 6) is 0.725. The molecular weight excluding hydrogens is 329 g/mol. The molecule has 0 saturated heterocycles. The van der Waals surface area contributed by atoms with Crippen molar-refractivity contribution in [3.05, 3.63) is 57.6 Å². The average Bonchev–Trinajstić information content (AvgIpc) is 2.53. The number of rotatable bonds is 7. The number of ether oxygens (including phenoxy) is 1. The van der Waals surface area contributed by atoms with Crippen molar-refractivity contribution < 1.29 is 4.74 Å². The summed E-state index contributed by atoms with van der Waals surface area (Å²) in [4.78, 5) is 2.11. The van der Waals surface area contributed by atoms with Crippen LogP contribution in [0.4, 0.5) is 5.69 Å². The third-order valence-corrected chi connectivity index (χ3v) is 4.47. The summed E-state index contributed by atoms with van der Waals surface area (Å²) in [6.07, 6.45) is 3.50. The SMILES string of the molecule is CCCCc1ccc(N(C)C)c(COc2ccc(Cl)c(Cl)c2)c1. The van der Waals surface area contributed by atoms with Crippen LogP contribution in [0.2, 0.25) is 10.0 Å². The molecule has 0 amide bonds. The second-order valence-corrected chi connectivity index (χ2v) is 6.64. The normalized spacial score (nSPS) is 10.7. The molecule has 4 heteroatoms. The molecule has 0 aliphatic heterocycles. The number of hydrogen-bond acceptors (Lipinski definition) is 2. The molecule has 0 spiro atoms. The smallest absolute Gasteiger partial charge is 0.121 e. The predicted octanol–water partition coefficient (Wildman–Crippen LogP) is 5.98. The number of benzene rings is 2. The number of aryl methyl sites for hydroxylation is 1. The molecular formula is C19H23Cl2NO. The number of halogens is 2. The summed E-state index contributed by atoms with van der Waals surface area (Å²) in [6.45, 7) is 2.72. The lowest BCUT2D eigenvalue weighted by atomic mass is 10.0. The molecule has 2 aromatic rings. The van der Waals surface area contributed by atoms with Crippen molar-refractivity contribution in [3.8, 4) is 5.75 Å². The summed E-state index contributed by atoms with van der Waals surface area (Å²) in [5, 5.41) is 1.04. The summed E-state index contributed by atoms with van der Waals surface area (Å²) in [6, 6.07) is 11.9. The van der Waals surface area contributed by atoms with Gasteiger partial charge in [-0.2, -0.15) is 0 Å². The standard InChI is InChI=1S/C19H23Cl2NO/c1-4-5-6-14-7-10-19(22(2)3)15(11-14)13-23-16-8-9-17(20)18(21)12-16/h7-12H,4-6,13H2,1-3H3. The highest BCUT2D eigenvalue weighted by atomic mass is 35.5. The van der Waals surface area contributed by atoms with E-state index in [2.05, 4.69) is 30.0 Å². The zero-order chi connectivity index (χ0) is 16.8. The van der Waals surface area contributed by atoms with E-state index < -0.39 is 0 Å². The van der Waals surface area contributed by atoms with Gasteiger partial charge in [0.05, 0.1) is 10.0 Å². The van der Waals surface area contributed by atoms with Crippen LogP contribution in [-0.4, -0.2) is 14.1 Å². The van der Waals surface area contributed by atoms with E-state index in [1.807, 2.05) is 20.2 Å². The van der Waals surface area contributed by atoms with Gasteiger partial charge < -0.3 is 9.64 Å². The molecule has 23 heavy (non-hydrogen) atoms. The van der Waals surface area contributed by atoms with Crippen LogP contribution < -0.4 is 9.64 Å².